The lowest BCUT2D eigenvalue weighted by Crippen LogP contribution is -2.59. The van der Waals surface area contributed by atoms with E-state index in [-0.39, 0.29) is 24.6 Å². The van der Waals surface area contributed by atoms with Crippen LogP contribution in [0.2, 0.25) is 0 Å². The highest BCUT2D eigenvalue weighted by atomic mass is 16.4. The van der Waals surface area contributed by atoms with E-state index in [9.17, 15) is 14.4 Å². The number of carbonyl (C=O) groups excluding carboxylic acids is 2. The second kappa shape index (κ2) is 5.05. The van der Waals surface area contributed by atoms with Gasteiger partial charge in [-0.1, -0.05) is 0 Å². The number of carbonyl (C=O) groups is 3. The summed E-state index contributed by atoms with van der Waals surface area (Å²) >= 11 is 0. The van der Waals surface area contributed by atoms with Crippen LogP contribution in [-0.2, 0) is 9.59 Å². The van der Waals surface area contributed by atoms with E-state index >= 15 is 0 Å². The summed E-state index contributed by atoms with van der Waals surface area (Å²) in [7, 11) is 0. The Morgan fingerprint density at radius 1 is 1.47 bits per heavy atom. The maximum absolute atomic E-state index is 12.2. The van der Waals surface area contributed by atoms with Crippen LogP contribution < -0.4 is 5.32 Å². The molecular formula is C12H13N3O4. The Morgan fingerprint density at radius 3 is 2.79 bits per heavy atom. The molecule has 1 atom stereocenters. The van der Waals surface area contributed by atoms with Crippen LogP contribution in [0.15, 0.2) is 18.3 Å². The van der Waals surface area contributed by atoms with Gasteiger partial charge in [0.05, 0.1) is 5.56 Å². The number of pyridine rings is 1. The average Bonchev–Trinajstić information content (AvgIpc) is 2.38. The predicted molar refractivity (Wildman–Crippen MR) is 64.4 cm³/mol. The number of nitrogens with zero attached hydrogens (tertiary/aromatic N) is 2. The summed E-state index contributed by atoms with van der Waals surface area (Å²) in [5, 5.41) is 11.5. The van der Waals surface area contributed by atoms with E-state index in [1.807, 2.05) is 0 Å². The lowest BCUT2D eigenvalue weighted by atomic mass is 10.1. The maximum atomic E-state index is 12.2. The molecule has 1 aromatic rings. The van der Waals surface area contributed by atoms with Crippen molar-refractivity contribution >= 4 is 17.8 Å². The summed E-state index contributed by atoms with van der Waals surface area (Å²) < 4.78 is 0. The molecule has 19 heavy (non-hydrogen) atoms. The van der Waals surface area contributed by atoms with Gasteiger partial charge in [0.15, 0.2) is 0 Å². The number of nitrogens with one attached hydrogen (secondary N) is 1. The van der Waals surface area contributed by atoms with Gasteiger partial charge in [0, 0.05) is 18.4 Å². The van der Waals surface area contributed by atoms with Crippen molar-refractivity contribution in [3.05, 3.63) is 29.6 Å². The smallest absolute Gasteiger partial charge is 0.328 e. The third kappa shape index (κ3) is 2.70. The monoisotopic (exact) mass is 263 g/mol. The molecule has 2 heterocycles. The zero-order valence-corrected chi connectivity index (χ0v) is 10.3. The standard InChI is InChI=1S/C12H13N3O4/c1-7-2-3-8(4-13-7)11(17)15-6-10(16)14-5-9(15)12(18)19/h2-4,9H,5-6H2,1H3,(H,14,16)(H,18,19). The Kier molecular flexibility index (Phi) is 3.46. The van der Waals surface area contributed by atoms with Crippen molar-refractivity contribution in [2.45, 2.75) is 13.0 Å². The first-order chi connectivity index (χ1) is 8.99. The molecule has 0 bridgehead atoms. The second-order valence-corrected chi connectivity index (χ2v) is 4.28. The summed E-state index contributed by atoms with van der Waals surface area (Å²) in [6, 6.07) is 2.18. The molecule has 0 aliphatic carbocycles. The minimum atomic E-state index is -1.14. The number of aromatic nitrogens is 1. The number of piperazine rings is 1. The predicted octanol–water partition coefficient (Wildman–Crippen LogP) is -0.585. The van der Waals surface area contributed by atoms with Crippen molar-refractivity contribution in [3.63, 3.8) is 0 Å². The fraction of sp³-hybridized carbons (Fsp3) is 0.333. The van der Waals surface area contributed by atoms with Crippen LogP contribution in [0.1, 0.15) is 16.1 Å². The van der Waals surface area contributed by atoms with E-state index < -0.39 is 17.9 Å². The highest BCUT2D eigenvalue weighted by Gasteiger charge is 2.35. The van der Waals surface area contributed by atoms with E-state index in [0.29, 0.717) is 0 Å². The topological polar surface area (TPSA) is 99.6 Å². The molecule has 0 radical (unpaired) electrons. The molecule has 1 saturated heterocycles. The van der Waals surface area contributed by atoms with Gasteiger partial charge >= 0.3 is 5.97 Å². The highest BCUT2D eigenvalue weighted by molar-refractivity contribution is 5.99. The lowest BCUT2D eigenvalue weighted by molar-refractivity contribution is -0.144. The van der Waals surface area contributed by atoms with Crippen LogP contribution in [-0.4, -0.2) is 51.9 Å². The minimum Gasteiger partial charge on any atom is -0.480 e. The largest absolute Gasteiger partial charge is 0.480 e. The van der Waals surface area contributed by atoms with Gasteiger partial charge in [-0.15, -0.1) is 0 Å². The number of rotatable bonds is 2. The van der Waals surface area contributed by atoms with Crippen LogP contribution in [0.25, 0.3) is 0 Å². The van der Waals surface area contributed by atoms with Crippen molar-refractivity contribution in [2.24, 2.45) is 0 Å². The van der Waals surface area contributed by atoms with Gasteiger partial charge in [0.2, 0.25) is 5.91 Å². The van der Waals surface area contributed by atoms with E-state index in [0.717, 1.165) is 10.6 Å². The molecule has 100 valence electrons. The van der Waals surface area contributed by atoms with E-state index in [2.05, 4.69) is 10.3 Å². The van der Waals surface area contributed by atoms with Gasteiger partial charge in [0.25, 0.3) is 5.91 Å². The van der Waals surface area contributed by atoms with E-state index in [1.165, 1.54) is 6.20 Å². The minimum absolute atomic E-state index is 0.0841. The Morgan fingerprint density at radius 2 is 2.21 bits per heavy atom. The molecule has 0 aromatic carbocycles. The van der Waals surface area contributed by atoms with Gasteiger partial charge in [-0.05, 0) is 19.1 Å². The second-order valence-electron chi connectivity index (χ2n) is 4.28. The maximum Gasteiger partial charge on any atom is 0.328 e. The summed E-state index contributed by atoms with van der Waals surface area (Å²) in [5.74, 6) is -2.02. The Labute approximate surface area is 109 Å². The van der Waals surface area contributed by atoms with E-state index in [4.69, 9.17) is 5.11 Å². The molecule has 7 nitrogen and oxygen atoms in total. The molecule has 2 N–H and O–H groups in total. The first-order valence-corrected chi connectivity index (χ1v) is 5.72. The van der Waals surface area contributed by atoms with Gasteiger partial charge in [-0.3, -0.25) is 14.6 Å². The zero-order chi connectivity index (χ0) is 14.0. The Bertz CT molecular complexity index is 526. The molecular weight excluding hydrogens is 250 g/mol. The summed E-state index contributed by atoms with van der Waals surface area (Å²) in [4.78, 5) is 39.7. The van der Waals surface area contributed by atoms with Gasteiger partial charge in [-0.25, -0.2) is 4.79 Å². The van der Waals surface area contributed by atoms with E-state index in [1.54, 1.807) is 19.1 Å². The number of amides is 2. The summed E-state index contributed by atoms with van der Waals surface area (Å²) in [6.07, 6.45) is 1.38. The molecule has 1 unspecified atom stereocenters. The number of carboxylic acids is 1. The van der Waals surface area contributed by atoms with Crippen molar-refractivity contribution in [3.8, 4) is 0 Å². The van der Waals surface area contributed by atoms with Crippen molar-refractivity contribution < 1.29 is 19.5 Å². The van der Waals surface area contributed by atoms with Crippen molar-refractivity contribution in [1.29, 1.82) is 0 Å². The third-order valence-electron chi connectivity index (χ3n) is 2.89. The average molecular weight is 263 g/mol. The van der Waals surface area contributed by atoms with Crippen LogP contribution in [0, 0.1) is 6.92 Å². The quantitative estimate of drug-likeness (QED) is 0.743. The lowest BCUT2D eigenvalue weighted by Gasteiger charge is -2.32. The molecule has 1 aliphatic rings. The van der Waals surface area contributed by atoms with Crippen molar-refractivity contribution in [2.75, 3.05) is 13.1 Å². The van der Waals surface area contributed by atoms with Crippen LogP contribution in [0.3, 0.4) is 0 Å². The van der Waals surface area contributed by atoms with Gasteiger partial charge in [-0.2, -0.15) is 0 Å². The number of aryl methyl sites for hydroxylation is 1. The molecule has 7 heteroatoms. The zero-order valence-electron chi connectivity index (χ0n) is 10.3. The SMILES string of the molecule is Cc1ccc(C(=O)N2CC(=O)NCC2C(=O)O)cn1. The van der Waals surface area contributed by atoms with Gasteiger partial charge in [0.1, 0.15) is 12.6 Å². The van der Waals surface area contributed by atoms with Gasteiger partial charge < -0.3 is 15.3 Å². The normalized spacial score (nSPS) is 18.9. The molecule has 1 fully saturated rings. The van der Waals surface area contributed by atoms with Crippen LogP contribution in [0.4, 0.5) is 0 Å². The number of aliphatic carboxylic acids is 1. The summed E-state index contributed by atoms with van der Waals surface area (Å²) in [5.41, 5.74) is 1.02. The Hall–Kier alpha value is -2.44. The van der Waals surface area contributed by atoms with Crippen LogP contribution >= 0.6 is 0 Å². The van der Waals surface area contributed by atoms with Crippen molar-refractivity contribution in [1.82, 2.24) is 15.2 Å². The molecule has 2 amide bonds. The first-order valence-electron chi connectivity index (χ1n) is 5.72. The number of carboxylic acid groups (broad SMARTS) is 1. The molecule has 0 spiro atoms. The fourth-order valence-corrected chi connectivity index (χ4v) is 1.84. The first kappa shape index (κ1) is 13.0. The molecule has 1 aliphatic heterocycles. The fourth-order valence-electron chi connectivity index (χ4n) is 1.84. The number of hydrogen-bond acceptors (Lipinski definition) is 4. The number of hydrogen-bond donors (Lipinski definition) is 2. The molecule has 0 saturated carbocycles. The van der Waals surface area contributed by atoms with Crippen LogP contribution in [0.5, 0.6) is 0 Å². The highest BCUT2D eigenvalue weighted by Crippen LogP contribution is 2.11. The Balaban J connectivity index is 2.26. The molecule has 1 aromatic heterocycles. The third-order valence-corrected chi connectivity index (χ3v) is 2.89. The molecule has 2 rings (SSSR count). The summed E-state index contributed by atoms with van der Waals surface area (Å²) in [6.45, 7) is 1.44.